The van der Waals surface area contributed by atoms with Crippen molar-refractivity contribution in [2.45, 2.75) is 20.0 Å². The summed E-state index contributed by atoms with van der Waals surface area (Å²) in [6.45, 7) is 7.84. The van der Waals surface area contributed by atoms with Crippen LogP contribution >= 0.6 is 11.6 Å². The number of aliphatic imine (C=N–C) groups is 1. The summed E-state index contributed by atoms with van der Waals surface area (Å²) in [4.78, 5) is 22.6. The first-order valence-corrected chi connectivity index (χ1v) is 9.71. The van der Waals surface area contributed by atoms with E-state index in [1.54, 1.807) is 24.4 Å². The highest BCUT2D eigenvalue weighted by Gasteiger charge is 2.13. The molecule has 0 aliphatic heterocycles. The topological polar surface area (TPSA) is 116 Å². The molecule has 3 rings (SSSR count). The lowest BCUT2D eigenvalue weighted by molar-refractivity contribution is -0.400. The number of hydrogen-bond donors (Lipinski definition) is 2. The largest absolute Gasteiger partial charge is 0.489 e. The number of hydrogen-bond acceptors (Lipinski definition) is 6. The Hall–Kier alpha value is -3.62. The second-order valence-electron chi connectivity index (χ2n) is 6.87. The van der Waals surface area contributed by atoms with Crippen molar-refractivity contribution in [3.8, 4) is 5.75 Å². The van der Waals surface area contributed by atoms with Gasteiger partial charge >= 0.3 is 0 Å². The summed E-state index contributed by atoms with van der Waals surface area (Å²) in [5, 5.41) is 11.8. The standard InChI is InChI=1S/C22H21ClN4O4/c1-13(2)30-20-8-7-15(11-19(20)23)22(31-24)26-14(3)17-5-4-6-18-16(9-10-27(28)29)12-25-21(17)18/h4-13,25H,3,24H2,1-2H3/b10-9+,26-22?. The molecule has 1 heterocycles. The zero-order chi connectivity index (χ0) is 22.5. The molecule has 0 atom stereocenters. The van der Waals surface area contributed by atoms with Gasteiger partial charge in [0.05, 0.1) is 27.3 Å². The normalized spacial score (nSPS) is 12.0. The van der Waals surface area contributed by atoms with E-state index >= 15 is 0 Å². The van der Waals surface area contributed by atoms with Crippen LogP contribution in [-0.4, -0.2) is 21.9 Å². The number of benzene rings is 2. The number of H-pyrrole nitrogens is 1. The van der Waals surface area contributed by atoms with E-state index in [4.69, 9.17) is 27.1 Å². The van der Waals surface area contributed by atoms with Crippen LogP contribution in [0.5, 0.6) is 5.75 Å². The van der Waals surface area contributed by atoms with Crippen LogP contribution in [0.1, 0.15) is 30.5 Å². The number of rotatable bonds is 7. The van der Waals surface area contributed by atoms with Crippen molar-refractivity contribution in [2.75, 3.05) is 0 Å². The molecule has 0 aliphatic carbocycles. The Morgan fingerprint density at radius 1 is 1.35 bits per heavy atom. The second-order valence-corrected chi connectivity index (χ2v) is 7.27. The lowest BCUT2D eigenvalue weighted by Crippen LogP contribution is -2.13. The summed E-state index contributed by atoms with van der Waals surface area (Å²) in [5.74, 6) is 6.13. The fraction of sp³-hybridized carbons (Fsp3) is 0.136. The predicted molar refractivity (Wildman–Crippen MR) is 122 cm³/mol. The number of aromatic nitrogens is 1. The average Bonchev–Trinajstić information content (AvgIpc) is 3.14. The Kier molecular flexibility index (Phi) is 6.74. The zero-order valence-corrected chi connectivity index (χ0v) is 17.7. The number of nitrogens with two attached hydrogens (primary N) is 1. The van der Waals surface area contributed by atoms with Gasteiger partial charge in [-0.25, -0.2) is 4.99 Å². The SMILES string of the molecule is C=C(N=C(ON)c1ccc(OC(C)C)c(Cl)c1)c1cccc2c(/C=C/[N+](=O)[O-])c[nH]c12. The van der Waals surface area contributed by atoms with E-state index < -0.39 is 4.92 Å². The van der Waals surface area contributed by atoms with Crippen LogP contribution in [-0.2, 0) is 4.84 Å². The molecular formula is C22H21ClN4O4. The first-order valence-electron chi connectivity index (χ1n) is 9.33. The first kappa shape index (κ1) is 22.1. The van der Waals surface area contributed by atoms with Gasteiger partial charge in [0, 0.05) is 34.3 Å². The minimum Gasteiger partial charge on any atom is -0.489 e. The molecule has 8 nitrogen and oxygen atoms in total. The van der Waals surface area contributed by atoms with E-state index in [0.29, 0.717) is 33.2 Å². The van der Waals surface area contributed by atoms with Crippen molar-refractivity contribution in [3.05, 3.63) is 87.2 Å². The molecule has 0 fully saturated rings. The molecule has 0 unspecified atom stereocenters. The number of nitrogens with one attached hydrogen (secondary N) is 1. The van der Waals surface area contributed by atoms with E-state index in [1.165, 1.54) is 6.08 Å². The Labute approximate surface area is 183 Å². The lowest BCUT2D eigenvalue weighted by atomic mass is 10.1. The summed E-state index contributed by atoms with van der Waals surface area (Å²) in [6.07, 6.45) is 3.97. The molecule has 0 bridgehead atoms. The average molecular weight is 441 g/mol. The lowest BCUT2D eigenvalue weighted by Gasteiger charge is -2.13. The minimum atomic E-state index is -0.515. The van der Waals surface area contributed by atoms with Crippen molar-refractivity contribution in [3.63, 3.8) is 0 Å². The van der Waals surface area contributed by atoms with Crippen LogP contribution < -0.4 is 10.6 Å². The zero-order valence-electron chi connectivity index (χ0n) is 17.0. The predicted octanol–water partition coefficient (Wildman–Crippen LogP) is 5.16. The highest BCUT2D eigenvalue weighted by Crippen LogP contribution is 2.29. The van der Waals surface area contributed by atoms with Gasteiger partial charge in [0.25, 0.3) is 0 Å². The van der Waals surface area contributed by atoms with E-state index in [2.05, 4.69) is 16.6 Å². The molecule has 1 aromatic heterocycles. The maximum absolute atomic E-state index is 10.6. The van der Waals surface area contributed by atoms with Crippen LogP contribution in [0.15, 0.2) is 60.4 Å². The summed E-state index contributed by atoms with van der Waals surface area (Å²) in [6, 6.07) is 10.6. The molecular weight excluding hydrogens is 420 g/mol. The summed E-state index contributed by atoms with van der Waals surface area (Å²) in [5.41, 5.74) is 3.04. The first-order chi connectivity index (χ1) is 14.8. The number of para-hydroxylation sites is 1. The van der Waals surface area contributed by atoms with Gasteiger partial charge < -0.3 is 14.6 Å². The van der Waals surface area contributed by atoms with Gasteiger partial charge in [-0.2, -0.15) is 5.90 Å². The van der Waals surface area contributed by atoms with Crippen molar-refractivity contribution in [2.24, 2.45) is 10.9 Å². The number of nitrogens with zero attached hydrogens (tertiary/aromatic N) is 2. The highest BCUT2D eigenvalue weighted by atomic mass is 35.5. The molecule has 2 aromatic carbocycles. The molecule has 0 saturated heterocycles. The third-order valence-corrected chi connectivity index (χ3v) is 4.62. The number of nitro groups is 1. The Morgan fingerprint density at radius 3 is 2.77 bits per heavy atom. The van der Waals surface area contributed by atoms with Gasteiger partial charge in [-0.1, -0.05) is 36.4 Å². The maximum Gasteiger partial charge on any atom is 0.245 e. The van der Waals surface area contributed by atoms with Crippen LogP contribution in [0.2, 0.25) is 5.02 Å². The Balaban J connectivity index is 1.96. The molecule has 0 spiro atoms. The Bertz CT molecular complexity index is 1200. The molecule has 31 heavy (non-hydrogen) atoms. The smallest absolute Gasteiger partial charge is 0.245 e. The van der Waals surface area contributed by atoms with Crippen LogP contribution in [0.4, 0.5) is 0 Å². The fourth-order valence-corrected chi connectivity index (χ4v) is 3.25. The van der Waals surface area contributed by atoms with Gasteiger partial charge in [-0.3, -0.25) is 10.1 Å². The van der Waals surface area contributed by atoms with E-state index in [9.17, 15) is 10.1 Å². The third-order valence-electron chi connectivity index (χ3n) is 4.32. The molecule has 9 heteroatoms. The van der Waals surface area contributed by atoms with Crippen LogP contribution in [0.25, 0.3) is 22.7 Å². The van der Waals surface area contributed by atoms with Crippen molar-refractivity contribution in [1.82, 2.24) is 4.98 Å². The Morgan fingerprint density at radius 2 is 2.13 bits per heavy atom. The molecule has 0 aliphatic rings. The van der Waals surface area contributed by atoms with Crippen molar-refractivity contribution >= 4 is 40.2 Å². The quantitative estimate of drug-likeness (QED) is 0.228. The fourth-order valence-electron chi connectivity index (χ4n) is 3.02. The van der Waals surface area contributed by atoms with Crippen LogP contribution in [0, 0.1) is 10.1 Å². The highest BCUT2D eigenvalue weighted by molar-refractivity contribution is 6.32. The van der Waals surface area contributed by atoms with E-state index in [0.717, 1.165) is 17.1 Å². The van der Waals surface area contributed by atoms with Crippen molar-refractivity contribution in [1.29, 1.82) is 0 Å². The van der Waals surface area contributed by atoms with Gasteiger partial charge in [-0.05, 0) is 32.0 Å². The number of fused-ring (bicyclic) bond motifs is 1. The van der Waals surface area contributed by atoms with Gasteiger partial charge in [0.2, 0.25) is 12.1 Å². The molecule has 160 valence electrons. The molecule has 0 saturated carbocycles. The third kappa shape index (κ3) is 5.11. The van der Waals surface area contributed by atoms with Crippen LogP contribution in [0.3, 0.4) is 0 Å². The van der Waals surface area contributed by atoms with E-state index in [1.807, 2.05) is 32.0 Å². The number of ether oxygens (including phenoxy) is 1. The minimum absolute atomic E-state index is 0.0200. The summed E-state index contributed by atoms with van der Waals surface area (Å²) in [7, 11) is 0. The molecule has 3 N–H and O–H groups in total. The van der Waals surface area contributed by atoms with E-state index in [-0.39, 0.29) is 12.0 Å². The molecule has 3 aromatic rings. The monoisotopic (exact) mass is 440 g/mol. The second kappa shape index (κ2) is 9.46. The van der Waals surface area contributed by atoms with Crippen molar-refractivity contribution < 1.29 is 14.5 Å². The molecule has 0 radical (unpaired) electrons. The number of halogens is 1. The van der Waals surface area contributed by atoms with Gasteiger partial charge in [-0.15, -0.1) is 0 Å². The number of aromatic amines is 1. The maximum atomic E-state index is 10.6. The summed E-state index contributed by atoms with van der Waals surface area (Å²) >= 11 is 6.30. The summed E-state index contributed by atoms with van der Waals surface area (Å²) < 4.78 is 5.64. The molecule has 0 amide bonds. The van der Waals surface area contributed by atoms with Gasteiger partial charge in [0.15, 0.2) is 0 Å². The van der Waals surface area contributed by atoms with Gasteiger partial charge in [0.1, 0.15) is 5.75 Å².